The van der Waals surface area contributed by atoms with Gasteiger partial charge in [-0.25, -0.2) is 9.97 Å². The molecule has 1 atom stereocenters. The van der Waals surface area contributed by atoms with E-state index in [4.69, 9.17) is 14.7 Å². The Kier molecular flexibility index (Phi) is 5.01. The van der Waals surface area contributed by atoms with Crippen LogP contribution in [0.4, 0.5) is 5.82 Å². The second kappa shape index (κ2) is 7.78. The van der Waals surface area contributed by atoms with Gasteiger partial charge in [-0.15, -0.1) is 11.3 Å². The third-order valence-electron chi connectivity index (χ3n) is 5.74. The van der Waals surface area contributed by atoms with E-state index in [1.807, 2.05) is 0 Å². The van der Waals surface area contributed by atoms with Crippen molar-refractivity contribution in [3.8, 4) is 11.1 Å². The summed E-state index contributed by atoms with van der Waals surface area (Å²) >= 11 is 1.74. The Morgan fingerprint density at radius 3 is 2.68 bits per heavy atom. The number of hydrogen-bond acceptors (Lipinski definition) is 6. The molecule has 0 radical (unpaired) electrons. The van der Waals surface area contributed by atoms with Crippen molar-refractivity contribution in [2.75, 3.05) is 44.3 Å². The highest BCUT2D eigenvalue weighted by Crippen LogP contribution is 2.39. The Labute approximate surface area is 170 Å². The van der Waals surface area contributed by atoms with E-state index in [9.17, 15) is 0 Å². The van der Waals surface area contributed by atoms with Gasteiger partial charge in [0.05, 0.1) is 25.1 Å². The zero-order valence-corrected chi connectivity index (χ0v) is 17.1. The number of fused-ring (bicyclic) bond motifs is 1. The van der Waals surface area contributed by atoms with Gasteiger partial charge in [-0.05, 0) is 17.9 Å². The highest BCUT2D eigenvalue weighted by molar-refractivity contribution is 7.17. The van der Waals surface area contributed by atoms with Gasteiger partial charge in [0.15, 0.2) is 0 Å². The minimum absolute atomic E-state index is 0.714. The summed E-state index contributed by atoms with van der Waals surface area (Å²) in [6.45, 7) is 8.80. The molecule has 4 heterocycles. The van der Waals surface area contributed by atoms with Crippen LogP contribution in [0.1, 0.15) is 19.2 Å². The van der Waals surface area contributed by atoms with Crippen molar-refractivity contribution < 1.29 is 4.74 Å². The highest BCUT2D eigenvalue weighted by atomic mass is 32.1. The van der Waals surface area contributed by atoms with E-state index in [-0.39, 0.29) is 0 Å². The summed E-state index contributed by atoms with van der Waals surface area (Å²) in [5, 5.41) is 3.46. The lowest BCUT2D eigenvalue weighted by atomic mass is 10.1. The molecule has 2 saturated heterocycles. The number of anilines is 1. The Morgan fingerprint density at radius 2 is 1.93 bits per heavy atom. The molecular formula is C22H26N4OS. The fraction of sp³-hybridized carbons (Fsp3) is 0.455. The van der Waals surface area contributed by atoms with Gasteiger partial charge in [-0.2, -0.15) is 0 Å². The van der Waals surface area contributed by atoms with Crippen LogP contribution in [0, 0.1) is 5.92 Å². The van der Waals surface area contributed by atoms with Crippen LogP contribution in [0.3, 0.4) is 0 Å². The van der Waals surface area contributed by atoms with Gasteiger partial charge < -0.3 is 9.64 Å². The first-order valence-corrected chi connectivity index (χ1v) is 11.0. The minimum atomic E-state index is 0.714. The summed E-state index contributed by atoms with van der Waals surface area (Å²) in [6, 6.07) is 10.6. The second-order valence-electron chi connectivity index (χ2n) is 7.89. The standard InChI is InChI=1S/C22H26N4OS/c1-16-7-8-26(13-16)21-20-18(17-5-3-2-4-6-17)15-28-22(20)24-19(23-21)14-25-9-11-27-12-10-25/h2-6,15-16H,7-14H2,1H3. The first-order chi connectivity index (χ1) is 13.8. The third-order valence-corrected chi connectivity index (χ3v) is 6.61. The van der Waals surface area contributed by atoms with Crippen molar-refractivity contribution in [3.05, 3.63) is 41.5 Å². The lowest BCUT2D eigenvalue weighted by Gasteiger charge is -2.26. The largest absolute Gasteiger partial charge is 0.379 e. The zero-order valence-electron chi connectivity index (χ0n) is 16.3. The van der Waals surface area contributed by atoms with Crippen molar-refractivity contribution in [1.82, 2.24) is 14.9 Å². The number of benzene rings is 1. The molecule has 0 amide bonds. The molecule has 146 valence electrons. The van der Waals surface area contributed by atoms with Crippen molar-refractivity contribution >= 4 is 27.4 Å². The summed E-state index contributed by atoms with van der Waals surface area (Å²) in [6.07, 6.45) is 1.23. The molecule has 28 heavy (non-hydrogen) atoms. The summed E-state index contributed by atoms with van der Waals surface area (Å²) in [7, 11) is 0. The molecule has 0 spiro atoms. The summed E-state index contributed by atoms with van der Waals surface area (Å²) in [5.41, 5.74) is 2.50. The van der Waals surface area contributed by atoms with Gasteiger partial charge in [0.1, 0.15) is 16.5 Å². The Bertz CT molecular complexity index is 952. The van der Waals surface area contributed by atoms with Crippen molar-refractivity contribution in [2.45, 2.75) is 19.9 Å². The zero-order chi connectivity index (χ0) is 18.9. The van der Waals surface area contributed by atoms with E-state index < -0.39 is 0 Å². The van der Waals surface area contributed by atoms with Gasteiger partial charge >= 0.3 is 0 Å². The molecule has 0 bridgehead atoms. The predicted molar refractivity (Wildman–Crippen MR) is 115 cm³/mol. The summed E-state index contributed by atoms with van der Waals surface area (Å²) in [4.78, 5) is 16.0. The molecule has 6 heteroatoms. The average molecular weight is 395 g/mol. The van der Waals surface area contributed by atoms with E-state index in [1.54, 1.807) is 11.3 Å². The van der Waals surface area contributed by atoms with Gasteiger partial charge in [-0.1, -0.05) is 37.3 Å². The van der Waals surface area contributed by atoms with Gasteiger partial charge in [0, 0.05) is 37.1 Å². The molecule has 0 aliphatic carbocycles. The maximum atomic E-state index is 5.49. The number of ether oxygens (including phenoxy) is 1. The van der Waals surface area contributed by atoms with E-state index in [0.717, 1.165) is 62.4 Å². The highest BCUT2D eigenvalue weighted by Gasteiger charge is 2.25. The van der Waals surface area contributed by atoms with Gasteiger partial charge in [0.25, 0.3) is 0 Å². The number of hydrogen-bond donors (Lipinski definition) is 0. The quantitative estimate of drug-likeness (QED) is 0.668. The molecule has 2 fully saturated rings. The molecule has 5 nitrogen and oxygen atoms in total. The molecule has 5 rings (SSSR count). The van der Waals surface area contributed by atoms with Crippen LogP contribution >= 0.6 is 11.3 Å². The lowest BCUT2D eigenvalue weighted by molar-refractivity contribution is 0.0331. The van der Waals surface area contributed by atoms with E-state index in [0.29, 0.717) is 5.92 Å². The molecule has 1 unspecified atom stereocenters. The second-order valence-corrected chi connectivity index (χ2v) is 8.75. The number of aromatic nitrogens is 2. The molecule has 2 aromatic heterocycles. The molecular weight excluding hydrogens is 368 g/mol. The van der Waals surface area contributed by atoms with E-state index in [2.05, 4.69) is 52.4 Å². The monoisotopic (exact) mass is 394 g/mol. The maximum Gasteiger partial charge on any atom is 0.146 e. The van der Waals surface area contributed by atoms with E-state index >= 15 is 0 Å². The molecule has 3 aromatic rings. The number of nitrogens with zero attached hydrogens (tertiary/aromatic N) is 4. The van der Waals surface area contributed by atoms with Crippen LogP contribution in [0.2, 0.25) is 0 Å². The first-order valence-electron chi connectivity index (χ1n) is 10.2. The summed E-state index contributed by atoms with van der Waals surface area (Å²) in [5.74, 6) is 2.77. The number of morpholine rings is 1. The third kappa shape index (κ3) is 3.52. The predicted octanol–water partition coefficient (Wildman–Crippen LogP) is 4.04. The fourth-order valence-corrected chi connectivity index (χ4v) is 5.14. The molecule has 0 N–H and O–H groups in total. The molecule has 2 aliphatic rings. The lowest BCUT2D eigenvalue weighted by Crippen LogP contribution is -2.36. The van der Waals surface area contributed by atoms with Crippen LogP contribution in [0.15, 0.2) is 35.7 Å². The molecule has 1 aromatic carbocycles. The van der Waals surface area contributed by atoms with Crippen molar-refractivity contribution in [2.24, 2.45) is 5.92 Å². The first kappa shape index (κ1) is 18.0. The Balaban J connectivity index is 1.59. The number of rotatable bonds is 4. The van der Waals surface area contributed by atoms with Gasteiger partial charge in [-0.3, -0.25) is 4.90 Å². The van der Waals surface area contributed by atoms with E-state index in [1.165, 1.54) is 22.9 Å². The maximum absolute atomic E-state index is 5.49. The van der Waals surface area contributed by atoms with Crippen LogP contribution < -0.4 is 4.90 Å². The average Bonchev–Trinajstić information content (AvgIpc) is 3.35. The van der Waals surface area contributed by atoms with Crippen molar-refractivity contribution in [1.29, 1.82) is 0 Å². The van der Waals surface area contributed by atoms with Crippen molar-refractivity contribution in [3.63, 3.8) is 0 Å². The Hall–Kier alpha value is -2.02. The topological polar surface area (TPSA) is 41.5 Å². The molecule has 0 saturated carbocycles. The van der Waals surface area contributed by atoms with Crippen LogP contribution in [-0.2, 0) is 11.3 Å². The fourth-order valence-electron chi connectivity index (χ4n) is 4.18. The minimum Gasteiger partial charge on any atom is -0.379 e. The normalized spacial score (nSPS) is 20.9. The van der Waals surface area contributed by atoms with Crippen LogP contribution in [0.25, 0.3) is 21.3 Å². The molecule has 2 aliphatic heterocycles. The number of thiophene rings is 1. The smallest absolute Gasteiger partial charge is 0.146 e. The Morgan fingerprint density at radius 1 is 1.11 bits per heavy atom. The SMILES string of the molecule is CC1CCN(c2nc(CN3CCOCC3)nc3scc(-c4ccccc4)c23)C1. The van der Waals surface area contributed by atoms with Crippen LogP contribution in [-0.4, -0.2) is 54.3 Å². The van der Waals surface area contributed by atoms with Gasteiger partial charge in [0.2, 0.25) is 0 Å². The summed E-state index contributed by atoms with van der Waals surface area (Å²) < 4.78 is 5.49. The van der Waals surface area contributed by atoms with Crippen LogP contribution in [0.5, 0.6) is 0 Å².